The third-order valence-electron chi connectivity index (χ3n) is 2.23. The van der Waals surface area contributed by atoms with E-state index in [2.05, 4.69) is 6.92 Å². The largest absolute Gasteiger partial charge is 0.389 e. The molecule has 0 bridgehead atoms. The van der Waals surface area contributed by atoms with Crippen LogP contribution in [0.15, 0.2) is 24.3 Å². The van der Waals surface area contributed by atoms with Gasteiger partial charge in [-0.1, -0.05) is 43.4 Å². The molecule has 4 heteroatoms. The Kier molecular flexibility index (Phi) is 6.77. The molecule has 1 rings (SSSR count). The summed E-state index contributed by atoms with van der Waals surface area (Å²) in [6.45, 7) is 4.75. The number of hydrogen-bond acceptors (Lipinski definition) is 3. The number of hydrogen-bond donors (Lipinski definition) is 1. The van der Waals surface area contributed by atoms with Crippen molar-refractivity contribution in [2.75, 3.05) is 19.8 Å². The minimum absolute atomic E-state index is 0.422. The van der Waals surface area contributed by atoms with Crippen LogP contribution in [0.4, 0.5) is 0 Å². The summed E-state index contributed by atoms with van der Waals surface area (Å²) in [6, 6.07) is 7.77. The van der Waals surface area contributed by atoms with E-state index in [0.717, 1.165) is 24.2 Å². The van der Waals surface area contributed by atoms with Crippen molar-refractivity contribution in [3.05, 3.63) is 35.4 Å². The van der Waals surface area contributed by atoms with Crippen molar-refractivity contribution in [1.82, 2.24) is 0 Å². The van der Waals surface area contributed by atoms with Crippen LogP contribution in [0, 0.1) is 0 Å². The van der Waals surface area contributed by atoms with Gasteiger partial charge in [0.05, 0.1) is 19.8 Å². The monoisotopic (exact) mass is 253 g/mol. The predicted octanol–water partition coefficient (Wildman–Crippen LogP) is 2.26. The van der Waals surface area contributed by atoms with Crippen molar-refractivity contribution in [3.8, 4) is 0 Å². The second-order valence-corrected chi connectivity index (χ2v) is 4.17. The molecular weight excluding hydrogens is 234 g/mol. The van der Waals surface area contributed by atoms with Crippen LogP contribution in [0.25, 0.3) is 0 Å². The van der Waals surface area contributed by atoms with Crippen molar-refractivity contribution in [2.24, 2.45) is 5.73 Å². The Labute approximate surface area is 108 Å². The number of thiocarbonyl (C=S) groups is 1. The van der Waals surface area contributed by atoms with Gasteiger partial charge in [0.15, 0.2) is 0 Å². The summed E-state index contributed by atoms with van der Waals surface area (Å²) in [7, 11) is 0. The molecule has 1 aromatic carbocycles. The Morgan fingerprint density at radius 2 is 1.76 bits per heavy atom. The normalized spacial score (nSPS) is 10.4. The molecule has 0 unspecified atom stereocenters. The molecule has 0 aliphatic carbocycles. The van der Waals surface area contributed by atoms with E-state index < -0.39 is 0 Å². The summed E-state index contributed by atoms with van der Waals surface area (Å²) in [4.78, 5) is 0.422. The van der Waals surface area contributed by atoms with E-state index in [1.807, 2.05) is 24.3 Å². The van der Waals surface area contributed by atoms with E-state index in [-0.39, 0.29) is 0 Å². The Balaban J connectivity index is 2.21. The van der Waals surface area contributed by atoms with Gasteiger partial charge in [0.2, 0.25) is 0 Å². The molecule has 0 aliphatic rings. The highest BCUT2D eigenvalue weighted by Gasteiger charge is 1.97. The third-order valence-corrected chi connectivity index (χ3v) is 2.46. The number of rotatable bonds is 8. The third kappa shape index (κ3) is 5.77. The first-order valence-electron chi connectivity index (χ1n) is 5.78. The van der Waals surface area contributed by atoms with E-state index in [9.17, 15) is 0 Å². The van der Waals surface area contributed by atoms with Gasteiger partial charge in [0.25, 0.3) is 0 Å². The molecule has 0 radical (unpaired) electrons. The average Bonchev–Trinajstić information content (AvgIpc) is 2.34. The fourth-order valence-electron chi connectivity index (χ4n) is 1.32. The van der Waals surface area contributed by atoms with Crippen LogP contribution in [0.2, 0.25) is 0 Å². The Morgan fingerprint density at radius 1 is 1.12 bits per heavy atom. The van der Waals surface area contributed by atoms with Crippen LogP contribution in [0.5, 0.6) is 0 Å². The van der Waals surface area contributed by atoms with Crippen molar-refractivity contribution in [3.63, 3.8) is 0 Å². The van der Waals surface area contributed by atoms with Gasteiger partial charge in [0.1, 0.15) is 4.99 Å². The Bertz CT molecular complexity index is 338. The zero-order valence-corrected chi connectivity index (χ0v) is 11.0. The highest BCUT2D eigenvalue weighted by molar-refractivity contribution is 7.80. The molecular formula is C13H19NO2S. The van der Waals surface area contributed by atoms with Gasteiger partial charge in [-0.2, -0.15) is 0 Å². The van der Waals surface area contributed by atoms with E-state index in [4.69, 9.17) is 27.4 Å². The predicted molar refractivity (Wildman–Crippen MR) is 73.1 cm³/mol. The molecule has 0 atom stereocenters. The smallest absolute Gasteiger partial charge is 0.103 e. The number of ether oxygens (including phenoxy) is 2. The molecule has 0 spiro atoms. The maximum atomic E-state index is 5.52. The van der Waals surface area contributed by atoms with Gasteiger partial charge in [-0.15, -0.1) is 0 Å². The van der Waals surface area contributed by atoms with Crippen molar-refractivity contribution >= 4 is 17.2 Å². The molecule has 0 heterocycles. The molecule has 0 amide bonds. The molecule has 17 heavy (non-hydrogen) atoms. The summed E-state index contributed by atoms with van der Waals surface area (Å²) < 4.78 is 10.8. The summed E-state index contributed by atoms with van der Waals surface area (Å²) in [5.41, 5.74) is 7.51. The molecule has 2 N–H and O–H groups in total. The van der Waals surface area contributed by atoms with Gasteiger partial charge in [-0.3, -0.25) is 0 Å². The Morgan fingerprint density at radius 3 is 2.35 bits per heavy atom. The van der Waals surface area contributed by atoms with Gasteiger partial charge in [0, 0.05) is 12.2 Å². The minimum Gasteiger partial charge on any atom is -0.389 e. The lowest BCUT2D eigenvalue weighted by atomic mass is 10.1. The summed E-state index contributed by atoms with van der Waals surface area (Å²) in [5.74, 6) is 0. The van der Waals surface area contributed by atoms with E-state index in [1.54, 1.807) is 0 Å². The van der Waals surface area contributed by atoms with Crippen LogP contribution >= 0.6 is 12.2 Å². The van der Waals surface area contributed by atoms with Gasteiger partial charge < -0.3 is 15.2 Å². The highest BCUT2D eigenvalue weighted by Crippen LogP contribution is 2.05. The molecule has 3 nitrogen and oxygen atoms in total. The van der Waals surface area contributed by atoms with E-state index >= 15 is 0 Å². The number of nitrogens with two attached hydrogens (primary N) is 1. The second-order valence-electron chi connectivity index (χ2n) is 3.73. The fourth-order valence-corrected chi connectivity index (χ4v) is 1.46. The van der Waals surface area contributed by atoms with Crippen molar-refractivity contribution < 1.29 is 9.47 Å². The van der Waals surface area contributed by atoms with Gasteiger partial charge in [-0.25, -0.2) is 0 Å². The Hall–Kier alpha value is -0.970. The standard InChI is InChI=1S/C13H19NO2S/c1-2-7-15-8-9-16-10-11-3-5-12(6-4-11)13(14)17/h3-6H,2,7-10H2,1H3,(H2,14,17). The SMILES string of the molecule is CCCOCCOCc1ccc(C(N)=S)cc1. The maximum absolute atomic E-state index is 5.52. The van der Waals surface area contributed by atoms with Gasteiger partial charge >= 0.3 is 0 Å². The van der Waals surface area contributed by atoms with E-state index in [0.29, 0.717) is 24.8 Å². The van der Waals surface area contributed by atoms with E-state index in [1.165, 1.54) is 0 Å². The van der Waals surface area contributed by atoms with Crippen molar-refractivity contribution in [1.29, 1.82) is 0 Å². The van der Waals surface area contributed by atoms with Crippen LogP contribution in [-0.2, 0) is 16.1 Å². The summed E-state index contributed by atoms with van der Waals surface area (Å²) >= 11 is 4.88. The molecule has 0 aromatic heterocycles. The van der Waals surface area contributed by atoms with Crippen molar-refractivity contribution in [2.45, 2.75) is 20.0 Å². The minimum atomic E-state index is 0.422. The van der Waals surface area contributed by atoms with Crippen LogP contribution in [0.3, 0.4) is 0 Å². The first-order chi connectivity index (χ1) is 8.24. The zero-order valence-electron chi connectivity index (χ0n) is 10.1. The average molecular weight is 253 g/mol. The van der Waals surface area contributed by atoms with Crippen LogP contribution < -0.4 is 5.73 Å². The molecule has 94 valence electrons. The molecule has 0 aliphatic heterocycles. The highest BCUT2D eigenvalue weighted by atomic mass is 32.1. The lowest BCUT2D eigenvalue weighted by Crippen LogP contribution is -2.09. The summed E-state index contributed by atoms with van der Waals surface area (Å²) in [6.07, 6.45) is 1.04. The first-order valence-corrected chi connectivity index (χ1v) is 6.19. The maximum Gasteiger partial charge on any atom is 0.103 e. The molecule has 0 fully saturated rings. The topological polar surface area (TPSA) is 44.5 Å². The quantitative estimate of drug-likeness (QED) is 0.570. The lowest BCUT2D eigenvalue weighted by molar-refractivity contribution is 0.0408. The lowest BCUT2D eigenvalue weighted by Gasteiger charge is -2.06. The van der Waals surface area contributed by atoms with Gasteiger partial charge in [-0.05, 0) is 12.0 Å². The molecule has 0 saturated heterocycles. The molecule has 0 saturated carbocycles. The van der Waals surface area contributed by atoms with Crippen LogP contribution in [-0.4, -0.2) is 24.8 Å². The number of benzene rings is 1. The fraction of sp³-hybridized carbons (Fsp3) is 0.462. The molecule has 1 aromatic rings. The summed E-state index contributed by atoms with van der Waals surface area (Å²) in [5, 5.41) is 0. The zero-order chi connectivity index (χ0) is 12.5. The second kappa shape index (κ2) is 8.17. The van der Waals surface area contributed by atoms with Crippen LogP contribution in [0.1, 0.15) is 24.5 Å². The first kappa shape index (κ1) is 14.1.